The van der Waals surface area contributed by atoms with Gasteiger partial charge < -0.3 is 79.4 Å². The fourth-order valence-corrected chi connectivity index (χ4v) is 11.8. The molecular weight excluding hydrogens is 1710 g/mol. The van der Waals surface area contributed by atoms with E-state index in [1.165, 1.54) is 38.7 Å². The van der Waals surface area contributed by atoms with Crippen LogP contribution < -0.4 is 54.6 Å². The minimum atomic E-state index is -0.585. The van der Waals surface area contributed by atoms with Gasteiger partial charge in [0.15, 0.2) is 23.0 Å². The predicted octanol–water partition coefficient (Wildman–Crippen LogP) is 17.3. The van der Waals surface area contributed by atoms with E-state index in [-0.39, 0.29) is 87.4 Å². The number of aliphatic hydroxyl groups is 1. The number of carbonyl (C=O) groups excluding carboxylic acids is 8. The van der Waals surface area contributed by atoms with Crippen molar-refractivity contribution < 1.29 is 91.6 Å². The lowest BCUT2D eigenvalue weighted by atomic mass is 10.1. The second-order valence-electron chi connectivity index (χ2n) is 25.0. The molecule has 5 aromatic heterocycles. The van der Waals surface area contributed by atoms with Crippen LogP contribution in [-0.4, -0.2) is 146 Å². The van der Waals surface area contributed by atoms with E-state index in [1.807, 2.05) is 48.5 Å². The molecule has 0 saturated carbocycles. The Morgan fingerprint density at radius 2 is 0.862 bits per heavy atom. The zero-order chi connectivity index (χ0) is 87.6. The molecular formula is C90H74BrCl3N10O19. The van der Waals surface area contributed by atoms with Gasteiger partial charge in [-0.2, -0.15) is 0 Å². The highest BCUT2D eigenvalue weighted by Crippen LogP contribution is 2.40. The minimum Gasteiger partial charge on any atom is -0.506 e. The number of halogens is 4. The Hall–Kier alpha value is -14.8. The fraction of sp³-hybridized carbons (Fsp3) is 0.100. The third kappa shape index (κ3) is 25.6. The summed E-state index contributed by atoms with van der Waals surface area (Å²) in [5, 5.41) is 33.0. The molecule has 29 nitrogen and oxygen atoms in total. The zero-order valence-electron chi connectivity index (χ0n) is 65.2. The Morgan fingerprint density at radius 3 is 1.30 bits per heavy atom. The van der Waals surface area contributed by atoms with E-state index in [2.05, 4.69) is 61.0 Å². The number of amides is 4. The van der Waals surface area contributed by atoms with E-state index >= 15 is 0 Å². The normalized spacial score (nSPS) is 11.3. The lowest BCUT2D eigenvalue weighted by Crippen LogP contribution is -2.34. The Balaban J connectivity index is 0.000000157. The molecule has 4 amide bonds. The summed E-state index contributed by atoms with van der Waals surface area (Å²) in [7, 11) is 2.69. The molecule has 123 heavy (non-hydrogen) atoms. The number of anilines is 5. The van der Waals surface area contributed by atoms with Crippen LogP contribution in [0.15, 0.2) is 286 Å². The number of methoxy groups -OCH3 is 2. The lowest BCUT2D eigenvalue weighted by Gasteiger charge is -2.22. The molecule has 0 fully saturated rings. The molecule has 0 aliphatic carbocycles. The molecule has 0 atom stereocenters. The number of hydrogen-bond donors (Lipinski definition) is 6. The SMILES string of the molecule is COC(=O)c1ccc(OCCBr)cc1.COC(=O)c1ccc(OCCN2C(=O)c3cccnc3Oc3ccccc32)cc1.Nc1ccccc1O.O=C(CO)c1ccc(OCCN2C(=O)c3cccnc3Oc3ccccc32)cc1.O=C(Cl)c1cccnc1Cl.O=C(Nc1ccccc1O)c1cccnc1Cl.O=C1Nc2ccccc2Oc2ncccc21. The summed E-state index contributed by atoms with van der Waals surface area (Å²) in [5.41, 5.74) is 11.1. The second kappa shape index (κ2) is 45.9. The van der Waals surface area contributed by atoms with Crippen LogP contribution in [0.2, 0.25) is 10.3 Å². The summed E-state index contributed by atoms with van der Waals surface area (Å²) in [5.74, 6) is 2.52. The number of aliphatic hydroxyl groups excluding tert-OH is 1. The number of esters is 2. The molecule has 8 aromatic carbocycles. The number of aromatic hydroxyl groups is 2. The minimum absolute atomic E-state index is 0.000799. The van der Waals surface area contributed by atoms with Crippen molar-refractivity contribution in [2.24, 2.45) is 0 Å². The van der Waals surface area contributed by atoms with Crippen molar-refractivity contribution in [2.75, 3.05) is 85.2 Å². The molecule has 33 heteroatoms. The van der Waals surface area contributed by atoms with E-state index in [0.29, 0.717) is 116 Å². The van der Waals surface area contributed by atoms with Gasteiger partial charge in [-0.25, -0.2) is 34.5 Å². The maximum absolute atomic E-state index is 13.1. The molecule has 0 spiro atoms. The molecule has 13 aromatic rings. The molecule has 3 aliphatic rings. The largest absolute Gasteiger partial charge is 0.506 e. The molecule has 7 N–H and O–H groups in total. The number of Topliss-reactive ketones (excluding diaryl/α,β-unsaturated/α-hetero) is 1. The number of benzene rings is 8. The standard InChI is InChI=1S/2C22H18N2O5.C12H9ClN2O2.C12H8N2O2.C10H11BrO3.C6H3Cl2NO.C6H7NO/c1-27-22(26)15-8-10-16(11-9-15)28-14-13-24-18-6-2-3-7-19(18)29-20-17(21(24)25)5-4-12-23-20;25-14-19(26)15-7-9-16(10-8-15)28-13-12-24-18-5-1-2-6-20(18)29-21-17(22(24)27)4-3-11-23-21;13-11-8(4-3-7-14-11)12(17)15-9-5-1-2-6-10(9)16;15-11-8-4-3-7-13-12(8)16-10-6-2-1-5-9(10)14-11;1-13-10(12)8-2-4-9(5-3-8)14-7-6-11;7-5-4(6(8)10)2-1-3-9-5;7-5-3-1-2-4-6(5)8/h2-12H,13-14H2,1H3;1-11,25H,12-14H2;1-7,16H,(H,15,17);1-7H,(H,14,15);2-5H,6-7H2,1H3;1-3H;1-4,8H,7H2. The Labute approximate surface area is 727 Å². The van der Waals surface area contributed by atoms with E-state index in [1.54, 1.807) is 223 Å². The van der Waals surface area contributed by atoms with Crippen molar-refractivity contribution in [2.45, 2.75) is 0 Å². The highest BCUT2D eigenvalue weighted by atomic mass is 79.9. The molecule has 8 heterocycles. The predicted molar refractivity (Wildman–Crippen MR) is 465 cm³/mol. The van der Waals surface area contributed by atoms with E-state index < -0.39 is 23.7 Å². The van der Waals surface area contributed by atoms with Crippen LogP contribution in [0.4, 0.5) is 28.4 Å². The van der Waals surface area contributed by atoms with Gasteiger partial charge in [-0.1, -0.05) is 99.8 Å². The van der Waals surface area contributed by atoms with Gasteiger partial charge >= 0.3 is 11.9 Å². The number of ether oxygens (including phenoxy) is 8. The van der Waals surface area contributed by atoms with Crippen LogP contribution in [0, 0.1) is 0 Å². The first-order valence-corrected chi connectivity index (χ1v) is 39.1. The maximum Gasteiger partial charge on any atom is 0.337 e. The molecule has 3 aliphatic heterocycles. The topological polar surface area (TPSA) is 392 Å². The average Bonchev–Trinajstić information content (AvgIpc) is 1.68. The number of pyridine rings is 5. The van der Waals surface area contributed by atoms with Crippen LogP contribution in [-0.2, 0) is 9.47 Å². The first kappa shape index (κ1) is 90.5. The number of nitrogen functional groups attached to an aromatic ring is 1. The summed E-state index contributed by atoms with van der Waals surface area (Å²) < 4.78 is 43.4. The summed E-state index contributed by atoms with van der Waals surface area (Å²) in [6, 6.07) is 71.4. The Bertz CT molecular complexity index is 5660. The number of alkyl halides is 1. The van der Waals surface area contributed by atoms with Crippen LogP contribution in [0.5, 0.6) is 63.6 Å². The third-order valence-corrected chi connectivity index (χ3v) is 18.2. The van der Waals surface area contributed by atoms with E-state index in [9.17, 15) is 43.5 Å². The van der Waals surface area contributed by atoms with Crippen LogP contribution in [0.1, 0.15) is 82.9 Å². The van der Waals surface area contributed by atoms with Gasteiger partial charge in [0.05, 0.1) is 84.6 Å². The van der Waals surface area contributed by atoms with Gasteiger partial charge in [-0.15, -0.1) is 0 Å². The quantitative estimate of drug-likeness (QED) is 0.00883. The fourth-order valence-electron chi connectivity index (χ4n) is 11.0. The number of nitrogens with two attached hydrogens (primary N) is 1. The van der Waals surface area contributed by atoms with Crippen molar-refractivity contribution in [1.82, 2.24) is 24.9 Å². The first-order chi connectivity index (χ1) is 59.7. The number of hydrogen-bond acceptors (Lipinski definition) is 25. The monoisotopic (exact) mass is 1780 g/mol. The zero-order valence-corrected chi connectivity index (χ0v) is 69.0. The smallest absolute Gasteiger partial charge is 0.337 e. The van der Waals surface area contributed by atoms with Crippen LogP contribution >= 0.6 is 50.7 Å². The van der Waals surface area contributed by atoms with E-state index in [4.69, 9.17) is 79.2 Å². The van der Waals surface area contributed by atoms with Crippen molar-refractivity contribution in [3.8, 4) is 63.6 Å². The first-order valence-electron chi connectivity index (χ1n) is 36.9. The third-order valence-electron chi connectivity index (χ3n) is 17.0. The van der Waals surface area contributed by atoms with Gasteiger partial charge in [0.2, 0.25) is 17.6 Å². The molecule has 626 valence electrons. The van der Waals surface area contributed by atoms with Crippen molar-refractivity contribution in [3.63, 3.8) is 0 Å². The summed E-state index contributed by atoms with van der Waals surface area (Å²) >= 11 is 19.7. The molecule has 0 bridgehead atoms. The van der Waals surface area contributed by atoms with Crippen LogP contribution in [0.3, 0.4) is 0 Å². The number of carbonyl (C=O) groups is 8. The number of rotatable bonds is 18. The Morgan fingerprint density at radius 1 is 0.463 bits per heavy atom. The number of aromatic nitrogens is 5. The molecule has 0 unspecified atom stereocenters. The summed E-state index contributed by atoms with van der Waals surface area (Å²) in [4.78, 5) is 118. The van der Waals surface area contributed by atoms with Crippen LogP contribution in [0.25, 0.3) is 0 Å². The van der Waals surface area contributed by atoms with Gasteiger partial charge in [0, 0.05) is 41.9 Å². The number of para-hydroxylation sites is 10. The average molecular weight is 1790 g/mol. The highest BCUT2D eigenvalue weighted by Gasteiger charge is 2.31. The molecule has 0 saturated heterocycles. The second-order valence-corrected chi connectivity index (χ2v) is 26.9. The van der Waals surface area contributed by atoms with E-state index in [0.717, 1.165) is 11.1 Å². The van der Waals surface area contributed by atoms with Gasteiger partial charge in [-0.05, 0) is 206 Å². The number of fused-ring (bicyclic) bond motifs is 6. The van der Waals surface area contributed by atoms with Crippen molar-refractivity contribution >= 4 is 126 Å². The lowest BCUT2D eigenvalue weighted by molar-refractivity contribution is 0.0591. The van der Waals surface area contributed by atoms with Gasteiger partial charge in [-0.3, -0.25) is 28.8 Å². The van der Waals surface area contributed by atoms with Gasteiger partial charge in [0.25, 0.3) is 28.9 Å². The molecule has 16 rings (SSSR count). The summed E-state index contributed by atoms with van der Waals surface area (Å²) in [6.07, 6.45) is 7.76. The molecule has 0 radical (unpaired) electrons. The Kier molecular flexibility index (Phi) is 33.8. The highest BCUT2D eigenvalue weighted by molar-refractivity contribution is 9.09. The number of nitrogens with zero attached hydrogens (tertiary/aromatic N) is 7. The number of phenols is 2. The van der Waals surface area contributed by atoms with Gasteiger partial charge in [0.1, 0.15) is 75.6 Å². The number of ketones is 1. The summed E-state index contributed by atoms with van der Waals surface area (Å²) in [6.45, 7) is 1.18. The number of nitrogens with one attached hydrogen (secondary N) is 2. The maximum atomic E-state index is 13.1. The van der Waals surface area contributed by atoms with Crippen molar-refractivity contribution in [1.29, 1.82) is 0 Å². The van der Waals surface area contributed by atoms with Crippen molar-refractivity contribution in [3.05, 3.63) is 341 Å². The number of phenolic OH excluding ortho intramolecular Hbond substituents is 2.